The van der Waals surface area contributed by atoms with Crippen molar-refractivity contribution in [2.24, 2.45) is 0 Å². The second kappa shape index (κ2) is 8.38. The van der Waals surface area contributed by atoms with E-state index in [9.17, 15) is 0 Å². The molecule has 1 saturated carbocycles. The molecule has 0 spiro atoms. The molecule has 9 nitrogen and oxygen atoms in total. The molecule has 3 N–H and O–H groups in total. The first kappa shape index (κ1) is 19.6. The van der Waals surface area contributed by atoms with Gasteiger partial charge in [0.25, 0.3) is 0 Å². The summed E-state index contributed by atoms with van der Waals surface area (Å²) >= 11 is 3.48. The standard InChI is InChI=1S/C21H20BrN7O2/c1-30-14-6-4-13(5-7-14)18-8-15(31-29-18)10-23-21-24-11-16(22)20(26-21)25-19-9-17(27-28-19)12-2-3-12/h4-9,11-12H,2-3,10H2,1H3,(H3,23,24,25,26,27,28). The van der Waals surface area contributed by atoms with E-state index in [-0.39, 0.29) is 0 Å². The molecule has 1 aliphatic carbocycles. The highest BCUT2D eigenvalue weighted by molar-refractivity contribution is 9.10. The fraction of sp³-hybridized carbons (Fsp3) is 0.238. The zero-order valence-electron chi connectivity index (χ0n) is 16.7. The van der Waals surface area contributed by atoms with Gasteiger partial charge < -0.3 is 19.9 Å². The number of ether oxygens (including phenoxy) is 1. The molecule has 10 heteroatoms. The average Bonchev–Trinajstić information content (AvgIpc) is 3.35. The summed E-state index contributed by atoms with van der Waals surface area (Å²) in [6.07, 6.45) is 4.12. The molecule has 3 aromatic heterocycles. The van der Waals surface area contributed by atoms with Crippen LogP contribution in [-0.2, 0) is 6.54 Å². The molecule has 1 fully saturated rings. The molecule has 0 unspecified atom stereocenters. The van der Waals surface area contributed by atoms with Gasteiger partial charge in [0.2, 0.25) is 5.95 Å². The molecule has 0 bridgehead atoms. The van der Waals surface area contributed by atoms with Crippen molar-refractivity contribution >= 4 is 33.5 Å². The molecular formula is C21H20BrN7O2. The van der Waals surface area contributed by atoms with Crippen molar-refractivity contribution in [3.63, 3.8) is 0 Å². The summed E-state index contributed by atoms with van der Waals surface area (Å²) in [6, 6.07) is 11.6. The minimum atomic E-state index is 0.401. The first-order valence-corrected chi connectivity index (χ1v) is 10.7. The molecule has 0 radical (unpaired) electrons. The second-order valence-electron chi connectivity index (χ2n) is 7.26. The van der Waals surface area contributed by atoms with Gasteiger partial charge in [-0.1, -0.05) is 5.16 Å². The van der Waals surface area contributed by atoms with Gasteiger partial charge in [-0.3, -0.25) is 5.10 Å². The Morgan fingerprint density at radius 1 is 1.23 bits per heavy atom. The van der Waals surface area contributed by atoms with E-state index in [2.05, 4.69) is 51.9 Å². The SMILES string of the molecule is COc1ccc(-c2cc(CNc3ncc(Br)c(Nc4cc(C5CC5)[nH]n4)n3)on2)cc1. The van der Waals surface area contributed by atoms with Crippen LogP contribution in [0.5, 0.6) is 5.75 Å². The maximum absolute atomic E-state index is 5.44. The lowest BCUT2D eigenvalue weighted by molar-refractivity contribution is 0.390. The number of hydrogen-bond acceptors (Lipinski definition) is 8. The normalized spacial score (nSPS) is 13.2. The second-order valence-corrected chi connectivity index (χ2v) is 8.11. The van der Waals surface area contributed by atoms with Gasteiger partial charge in [-0.25, -0.2) is 4.98 Å². The number of nitrogens with zero attached hydrogens (tertiary/aromatic N) is 4. The van der Waals surface area contributed by atoms with Crippen molar-refractivity contribution in [1.29, 1.82) is 0 Å². The summed E-state index contributed by atoms with van der Waals surface area (Å²) < 4.78 is 11.4. The third-order valence-electron chi connectivity index (χ3n) is 4.97. The first-order valence-electron chi connectivity index (χ1n) is 9.86. The van der Waals surface area contributed by atoms with E-state index < -0.39 is 0 Å². The van der Waals surface area contributed by atoms with Crippen LogP contribution in [0.1, 0.15) is 30.2 Å². The number of nitrogens with one attached hydrogen (secondary N) is 3. The molecule has 0 aliphatic heterocycles. The highest BCUT2D eigenvalue weighted by atomic mass is 79.9. The van der Waals surface area contributed by atoms with Gasteiger partial charge in [-0.15, -0.1) is 0 Å². The van der Waals surface area contributed by atoms with Crippen molar-refractivity contribution in [3.8, 4) is 17.0 Å². The molecule has 158 valence electrons. The van der Waals surface area contributed by atoms with Crippen molar-refractivity contribution < 1.29 is 9.26 Å². The number of hydrogen-bond donors (Lipinski definition) is 3. The number of aromatic nitrogens is 5. The van der Waals surface area contributed by atoms with Crippen LogP contribution in [0.3, 0.4) is 0 Å². The number of methoxy groups -OCH3 is 1. The molecular weight excluding hydrogens is 462 g/mol. The van der Waals surface area contributed by atoms with Crippen LogP contribution in [0.25, 0.3) is 11.3 Å². The van der Waals surface area contributed by atoms with Crippen LogP contribution in [0.15, 0.2) is 51.6 Å². The number of H-pyrrole nitrogens is 1. The van der Waals surface area contributed by atoms with Crippen LogP contribution >= 0.6 is 15.9 Å². The van der Waals surface area contributed by atoms with Crippen LogP contribution in [0.4, 0.5) is 17.6 Å². The Kier molecular flexibility index (Phi) is 5.29. The van der Waals surface area contributed by atoms with Gasteiger partial charge in [0, 0.05) is 35.5 Å². The summed E-state index contributed by atoms with van der Waals surface area (Å²) in [5, 5.41) is 17.9. The molecule has 5 rings (SSSR count). The van der Waals surface area contributed by atoms with E-state index in [1.54, 1.807) is 13.3 Å². The van der Waals surface area contributed by atoms with Crippen molar-refractivity contribution in [1.82, 2.24) is 25.3 Å². The number of aromatic amines is 1. The van der Waals surface area contributed by atoms with Gasteiger partial charge in [0.15, 0.2) is 17.4 Å². The molecule has 1 aromatic carbocycles. The monoisotopic (exact) mass is 481 g/mol. The van der Waals surface area contributed by atoms with Gasteiger partial charge in [-0.05, 0) is 53.0 Å². The van der Waals surface area contributed by atoms with Gasteiger partial charge >= 0.3 is 0 Å². The Balaban J connectivity index is 1.24. The van der Waals surface area contributed by atoms with E-state index in [0.29, 0.717) is 30.0 Å². The molecule has 4 aromatic rings. The van der Waals surface area contributed by atoms with E-state index in [1.165, 1.54) is 12.8 Å². The summed E-state index contributed by atoms with van der Waals surface area (Å²) in [6.45, 7) is 0.401. The number of benzene rings is 1. The largest absolute Gasteiger partial charge is 0.497 e. The quantitative estimate of drug-likeness (QED) is 0.326. The van der Waals surface area contributed by atoms with E-state index >= 15 is 0 Å². The molecule has 0 amide bonds. The predicted molar refractivity (Wildman–Crippen MR) is 119 cm³/mol. The number of rotatable bonds is 8. The molecule has 1 aliphatic rings. The smallest absolute Gasteiger partial charge is 0.225 e. The Bertz CT molecular complexity index is 1180. The zero-order valence-corrected chi connectivity index (χ0v) is 18.3. The Morgan fingerprint density at radius 2 is 2.06 bits per heavy atom. The highest BCUT2D eigenvalue weighted by Gasteiger charge is 2.25. The summed E-state index contributed by atoms with van der Waals surface area (Å²) in [4.78, 5) is 8.84. The molecule has 0 atom stereocenters. The molecule has 0 saturated heterocycles. The van der Waals surface area contributed by atoms with E-state index in [4.69, 9.17) is 9.26 Å². The highest BCUT2D eigenvalue weighted by Crippen LogP contribution is 2.39. The number of anilines is 3. The Labute approximate surface area is 186 Å². The molecule has 31 heavy (non-hydrogen) atoms. The summed E-state index contributed by atoms with van der Waals surface area (Å²) in [7, 11) is 1.64. The fourth-order valence-corrected chi connectivity index (χ4v) is 3.42. The van der Waals surface area contributed by atoms with Crippen LogP contribution < -0.4 is 15.4 Å². The van der Waals surface area contributed by atoms with Gasteiger partial charge in [-0.2, -0.15) is 10.1 Å². The third-order valence-corrected chi connectivity index (χ3v) is 5.55. The maximum Gasteiger partial charge on any atom is 0.225 e. The topological polar surface area (TPSA) is 114 Å². The van der Waals surface area contributed by atoms with Crippen molar-refractivity contribution in [2.45, 2.75) is 25.3 Å². The van der Waals surface area contributed by atoms with Crippen LogP contribution in [-0.4, -0.2) is 32.4 Å². The first-order chi connectivity index (χ1) is 15.2. The van der Waals surface area contributed by atoms with Crippen molar-refractivity contribution in [2.75, 3.05) is 17.7 Å². The number of halogens is 1. The van der Waals surface area contributed by atoms with Crippen LogP contribution in [0.2, 0.25) is 0 Å². The lowest BCUT2D eigenvalue weighted by Crippen LogP contribution is -2.05. The lowest BCUT2D eigenvalue weighted by Gasteiger charge is -2.07. The predicted octanol–water partition coefficient (Wildman–Crippen LogP) is 4.86. The fourth-order valence-electron chi connectivity index (χ4n) is 3.13. The Hall–Kier alpha value is -3.40. The van der Waals surface area contributed by atoms with E-state index in [1.807, 2.05) is 36.4 Å². The molecule has 3 heterocycles. The lowest BCUT2D eigenvalue weighted by atomic mass is 10.1. The zero-order chi connectivity index (χ0) is 21.2. The minimum Gasteiger partial charge on any atom is -0.497 e. The average molecular weight is 482 g/mol. The minimum absolute atomic E-state index is 0.401. The van der Waals surface area contributed by atoms with Gasteiger partial charge in [0.1, 0.15) is 11.4 Å². The van der Waals surface area contributed by atoms with Gasteiger partial charge in [0.05, 0.1) is 18.1 Å². The third kappa shape index (κ3) is 4.53. The van der Waals surface area contributed by atoms with E-state index in [0.717, 1.165) is 33.0 Å². The summed E-state index contributed by atoms with van der Waals surface area (Å²) in [5.41, 5.74) is 2.86. The van der Waals surface area contributed by atoms with Crippen LogP contribution in [0, 0.1) is 0 Å². The summed E-state index contributed by atoms with van der Waals surface area (Å²) in [5.74, 6) is 3.90. The van der Waals surface area contributed by atoms with Crippen molar-refractivity contribution in [3.05, 3.63) is 58.5 Å². The Morgan fingerprint density at radius 3 is 2.84 bits per heavy atom. The maximum atomic E-state index is 5.44.